The predicted octanol–water partition coefficient (Wildman–Crippen LogP) is 1.89. The smallest absolute Gasteiger partial charge is 0.248 e. The second-order valence-electron chi connectivity index (χ2n) is 4.36. The number of hydrogen-bond acceptors (Lipinski definition) is 3. The van der Waals surface area contributed by atoms with Crippen molar-refractivity contribution in [3.05, 3.63) is 28.8 Å². The first kappa shape index (κ1) is 15.5. The third-order valence-electron chi connectivity index (χ3n) is 2.63. The summed E-state index contributed by atoms with van der Waals surface area (Å²) >= 11 is 5.94. The molecule has 0 aromatic heterocycles. The molecule has 1 unspecified atom stereocenters. The Morgan fingerprint density at radius 1 is 1.42 bits per heavy atom. The van der Waals surface area contributed by atoms with Crippen molar-refractivity contribution in [1.82, 2.24) is 0 Å². The maximum absolute atomic E-state index is 11.8. The molecule has 5 nitrogen and oxygen atoms in total. The lowest BCUT2D eigenvalue weighted by atomic mass is 10.1. The zero-order valence-corrected chi connectivity index (χ0v) is 11.5. The van der Waals surface area contributed by atoms with E-state index in [1.807, 2.05) is 6.92 Å². The summed E-state index contributed by atoms with van der Waals surface area (Å²) in [6, 6.07) is 4.29. The Morgan fingerprint density at radius 2 is 2.11 bits per heavy atom. The monoisotopic (exact) mass is 283 g/mol. The number of benzene rings is 1. The molecule has 1 atom stereocenters. The van der Waals surface area contributed by atoms with Gasteiger partial charge in [-0.15, -0.1) is 0 Å². The van der Waals surface area contributed by atoms with E-state index >= 15 is 0 Å². The van der Waals surface area contributed by atoms with Crippen molar-refractivity contribution in [2.24, 2.45) is 11.5 Å². The summed E-state index contributed by atoms with van der Waals surface area (Å²) in [5.74, 6) is -0.806. The van der Waals surface area contributed by atoms with Crippen LogP contribution in [0.15, 0.2) is 18.2 Å². The van der Waals surface area contributed by atoms with Crippen molar-refractivity contribution in [2.75, 3.05) is 5.32 Å². The Hall–Kier alpha value is -1.59. The molecule has 1 aromatic rings. The number of halogens is 1. The molecule has 6 heteroatoms. The molecule has 1 rings (SSSR count). The standard InChI is InChI=1S/C13H18ClN3O2/c1-2-3-9(15)7-12(18)17-11-6-8(13(16)19)4-5-10(11)14/h4-6,9H,2-3,7,15H2,1H3,(H2,16,19)(H,17,18). The highest BCUT2D eigenvalue weighted by molar-refractivity contribution is 6.33. The summed E-state index contributed by atoms with van der Waals surface area (Å²) in [6.07, 6.45) is 1.92. The largest absolute Gasteiger partial charge is 0.366 e. The maximum Gasteiger partial charge on any atom is 0.248 e. The quantitative estimate of drug-likeness (QED) is 0.743. The molecule has 104 valence electrons. The number of rotatable bonds is 6. The molecule has 19 heavy (non-hydrogen) atoms. The van der Waals surface area contributed by atoms with Crippen LogP contribution in [0.5, 0.6) is 0 Å². The molecule has 1 aromatic carbocycles. The third-order valence-corrected chi connectivity index (χ3v) is 2.96. The number of nitrogens with two attached hydrogens (primary N) is 2. The van der Waals surface area contributed by atoms with Gasteiger partial charge >= 0.3 is 0 Å². The highest BCUT2D eigenvalue weighted by Crippen LogP contribution is 2.23. The van der Waals surface area contributed by atoms with Crippen molar-refractivity contribution in [3.8, 4) is 0 Å². The van der Waals surface area contributed by atoms with Gasteiger partial charge in [0.05, 0.1) is 10.7 Å². The third kappa shape index (κ3) is 4.89. The normalized spacial score (nSPS) is 11.9. The molecule has 0 aliphatic carbocycles. The van der Waals surface area contributed by atoms with Crippen LogP contribution in [-0.4, -0.2) is 17.9 Å². The van der Waals surface area contributed by atoms with Crippen molar-refractivity contribution >= 4 is 29.1 Å². The molecule has 0 radical (unpaired) electrons. The van der Waals surface area contributed by atoms with Crippen molar-refractivity contribution < 1.29 is 9.59 Å². The van der Waals surface area contributed by atoms with Crippen molar-refractivity contribution in [3.63, 3.8) is 0 Å². The highest BCUT2D eigenvalue weighted by Gasteiger charge is 2.12. The minimum Gasteiger partial charge on any atom is -0.366 e. The van der Waals surface area contributed by atoms with Crippen LogP contribution < -0.4 is 16.8 Å². The fourth-order valence-electron chi connectivity index (χ4n) is 1.69. The summed E-state index contributed by atoms with van der Waals surface area (Å²) < 4.78 is 0. The van der Waals surface area contributed by atoms with Crippen molar-refractivity contribution in [2.45, 2.75) is 32.2 Å². The first-order valence-corrected chi connectivity index (χ1v) is 6.46. The number of primary amides is 1. The topological polar surface area (TPSA) is 98.2 Å². The van der Waals surface area contributed by atoms with Gasteiger partial charge in [-0.3, -0.25) is 9.59 Å². The molecular weight excluding hydrogens is 266 g/mol. The van der Waals surface area contributed by atoms with Gasteiger partial charge in [0.1, 0.15) is 0 Å². The zero-order chi connectivity index (χ0) is 14.4. The summed E-state index contributed by atoms with van der Waals surface area (Å²) in [5.41, 5.74) is 11.6. The molecule has 2 amide bonds. The van der Waals surface area contributed by atoms with E-state index in [9.17, 15) is 9.59 Å². The number of nitrogens with one attached hydrogen (secondary N) is 1. The summed E-state index contributed by atoms with van der Waals surface area (Å²) in [5, 5.41) is 2.99. The van der Waals surface area contributed by atoms with Crippen LogP contribution in [0.25, 0.3) is 0 Å². The number of carbonyl (C=O) groups excluding carboxylic acids is 2. The van der Waals surface area contributed by atoms with Gasteiger partial charge in [-0.05, 0) is 24.6 Å². The Bertz CT molecular complexity index is 477. The van der Waals surface area contributed by atoms with Gasteiger partial charge in [0.25, 0.3) is 0 Å². The van der Waals surface area contributed by atoms with Crippen LogP contribution in [0.4, 0.5) is 5.69 Å². The van der Waals surface area contributed by atoms with Gasteiger partial charge in [0.15, 0.2) is 0 Å². The second-order valence-corrected chi connectivity index (χ2v) is 4.77. The molecular formula is C13H18ClN3O2. The lowest BCUT2D eigenvalue weighted by Gasteiger charge is -2.12. The van der Waals surface area contributed by atoms with Gasteiger partial charge in [-0.2, -0.15) is 0 Å². The Kier molecular flexibility index (Phi) is 5.79. The Labute approximate surface area is 117 Å². The second kappa shape index (κ2) is 7.11. The number of hydrogen-bond donors (Lipinski definition) is 3. The van der Waals surface area contributed by atoms with Crippen LogP contribution in [0.1, 0.15) is 36.5 Å². The molecule has 0 fully saturated rings. The van der Waals surface area contributed by atoms with Gasteiger partial charge in [0, 0.05) is 18.0 Å². The average Bonchev–Trinajstić information content (AvgIpc) is 2.31. The van der Waals surface area contributed by atoms with E-state index < -0.39 is 5.91 Å². The molecule has 0 aliphatic rings. The maximum atomic E-state index is 11.8. The lowest BCUT2D eigenvalue weighted by Crippen LogP contribution is -2.27. The molecule has 0 bridgehead atoms. The van der Waals surface area contributed by atoms with Crippen LogP contribution in [-0.2, 0) is 4.79 Å². The predicted molar refractivity (Wildman–Crippen MR) is 76.1 cm³/mol. The van der Waals surface area contributed by atoms with Gasteiger partial charge < -0.3 is 16.8 Å². The molecule has 5 N–H and O–H groups in total. The van der Waals surface area contributed by atoms with Crippen molar-refractivity contribution in [1.29, 1.82) is 0 Å². The lowest BCUT2D eigenvalue weighted by molar-refractivity contribution is -0.116. The molecule has 0 saturated heterocycles. The van der Waals surface area contributed by atoms with E-state index in [0.29, 0.717) is 10.7 Å². The van der Waals surface area contributed by atoms with E-state index in [4.69, 9.17) is 23.1 Å². The molecule has 0 spiro atoms. The number of anilines is 1. The Morgan fingerprint density at radius 3 is 2.68 bits per heavy atom. The van der Waals surface area contributed by atoms with Crippen LogP contribution in [0, 0.1) is 0 Å². The summed E-state index contributed by atoms with van der Waals surface area (Å²) in [7, 11) is 0. The van der Waals surface area contributed by atoms with E-state index in [1.54, 1.807) is 0 Å². The van der Waals surface area contributed by atoms with Crippen LogP contribution >= 0.6 is 11.6 Å². The zero-order valence-electron chi connectivity index (χ0n) is 10.8. The summed E-state index contributed by atoms with van der Waals surface area (Å²) in [6.45, 7) is 2.00. The fourth-order valence-corrected chi connectivity index (χ4v) is 1.85. The van der Waals surface area contributed by atoms with Crippen LogP contribution in [0.3, 0.4) is 0 Å². The minimum absolute atomic E-state index is 0.178. The SMILES string of the molecule is CCCC(N)CC(=O)Nc1cc(C(N)=O)ccc1Cl. The number of carbonyl (C=O) groups is 2. The van der Waals surface area contributed by atoms with E-state index in [0.717, 1.165) is 12.8 Å². The van der Waals surface area contributed by atoms with E-state index in [-0.39, 0.29) is 23.9 Å². The Balaban J connectivity index is 2.73. The van der Waals surface area contributed by atoms with E-state index in [1.165, 1.54) is 18.2 Å². The minimum atomic E-state index is -0.574. The van der Waals surface area contributed by atoms with Gasteiger partial charge in [-0.1, -0.05) is 24.9 Å². The van der Waals surface area contributed by atoms with E-state index in [2.05, 4.69) is 5.32 Å². The molecule has 0 saturated carbocycles. The first-order valence-electron chi connectivity index (χ1n) is 6.08. The number of amides is 2. The van der Waals surface area contributed by atoms with Gasteiger partial charge in [0.2, 0.25) is 11.8 Å². The molecule has 0 aliphatic heterocycles. The van der Waals surface area contributed by atoms with Crippen LogP contribution in [0.2, 0.25) is 5.02 Å². The fraction of sp³-hybridized carbons (Fsp3) is 0.385. The summed E-state index contributed by atoms with van der Waals surface area (Å²) in [4.78, 5) is 22.8. The average molecular weight is 284 g/mol. The molecule has 0 heterocycles. The highest BCUT2D eigenvalue weighted by atomic mass is 35.5. The first-order chi connectivity index (χ1) is 8.93. The van der Waals surface area contributed by atoms with Gasteiger partial charge in [-0.25, -0.2) is 0 Å².